The van der Waals surface area contributed by atoms with Crippen LogP contribution in [0.1, 0.15) is 132 Å². The van der Waals surface area contributed by atoms with Crippen molar-refractivity contribution in [3.8, 4) is 39.1 Å². The minimum absolute atomic E-state index is 0.0207. The highest BCUT2D eigenvalue weighted by molar-refractivity contribution is 7.00. The van der Waals surface area contributed by atoms with E-state index in [0.717, 1.165) is 45.3 Å². The van der Waals surface area contributed by atoms with Crippen LogP contribution in [-0.4, -0.2) is 11.3 Å². The summed E-state index contributed by atoms with van der Waals surface area (Å²) in [6, 6.07) is 102. The van der Waals surface area contributed by atoms with E-state index in [1.807, 2.05) is 0 Å². The molecule has 3 heterocycles. The lowest BCUT2D eigenvalue weighted by Crippen LogP contribution is -2.61. The number of fused-ring (bicyclic) bond motifs is 7. The van der Waals surface area contributed by atoms with Gasteiger partial charge in [0.05, 0.1) is 16.7 Å². The number of hydrogen-bond acceptors (Lipinski definition) is 3. The van der Waals surface area contributed by atoms with Gasteiger partial charge in [-0.15, -0.1) is 0 Å². The summed E-state index contributed by atoms with van der Waals surface area (Å²) < 4.78 is 2.53. The minimum Gasteiger partial charge on any atom is -0.311 e. The second kappa shape index (κ2) is 23.3. The zero-order valence-electron chi connectivity index (χ0n) is 59.3. The second-order valence-corrected chi connectivity index (χ2v) is 32.4. The lowest BCUT2D eigenvalue weighted by molar-refractivity contribution is 0.590. The molecule has 4 nitrogen and oxygen atoms in total. The van der Waals surface area contributed by atoms with Gasteiger partial charge in [0, 0.05) is 67.5 Å². The standard InChI is InChI=1S/C92H89BN4/c1-88(2,3)65-35-45-71(46-36-65)94(72-47-37-66(38-48-72)89(4,5)6)70-41-32-62(33-42-70)64-34-50-78-83(54-64)97(80-29-23-22-28-75(80)63-26-20-17-21-27-63)86-58-69(92(13,14)15)57-85-87(86)93(78)79-51-49-74(59-84(79)95(85)73-43-30-61(31-44-73)60-24-18-16-19-25-60)96-81-52-39-67(90(7,8)9)55-76(81)77-56-68(91(10,11)12)40-53-82(77)96/h16-59H,1-15H3. The summed E-state index contributed by atoms with van der Waals surface area (Å²) in [5.74, 6) is 0. The lowest BCUT2D eigenvalue weighted by Gasteiger charge is -2.45. The molecule has 0 spiro atoms. The van der Waals surface area contributed by atoms with Crippen molar-refractivity contribution < 1.29 is 0 Å². The van der Waals surface area contributed by atoms with E-state index in [2.05, 4.69) is 390 Å². The fourth-order valence-electron chi connectivity index (χ4n) is 14.9. The van der Waals surface area contributed by atoms with Crippen molar-refractivity contribution in [2.24, 2.45) is 0 Å². The molecule has 0 radical (unpaired) electrons. The molecule has 13 aromatic rings. The summed E-state index contributed by atoms with van der Waals surface area (Å²) in [6.07, 6.45) is 0. The summed E-state index contributed by atoms with van der Waals surface area (Å²) in [5.41, 5.74) is 31.1. The van der Waals surface area contributed by atoms with Gasteiger partial charge < -0.3 is 19.3 Å². The van der Waals surface area contributed by atoms with Crippen LogP contribution in [-0.2, 0) is 27.1 Å². The van der Waals surface area contributed by atoms with Crippen molar-refractivity contribution in [3.63, 3.8) is 0 Å². The number of nitrogens with zero attached hydrogens (tertiary/aromatic N) is 4. The Kier molecular flexibility index (Phi) is 15.2. The zero-order chi connectivity index (χ0) is 67.7. The van der Waals surface area contributed by atoms with Crippen LogP contribution < -0.4 is 31.1 Å². The van der Waals surface area contributed by atoms with Crippen LogP contribution in [0.25, 0.3) is 60.9 Å². The molecular formula is C92H89BN4. The van der Waals surface area contributed by atoms with E-state index >= 15 is 0 Å². The largest absolute Gasteiger partial charge is 0.311 e. The molecular weight excluding hydrogens is 1170 g/mol. The Bertz CT molecular complexity index is 5010. The van der Waals surface area contributed by atoms with E-state index in [9.17, 15) is 0 Å². The molecule has 0 saturated carbocycles. The van der Waals surface area contributed by atoms with Crippen molar-refractivity contribution in [2.45, 2.75) is 131 Å². The highest BCUT2D eigenvalue weighted by Crippen LogP contribution is 2.50. The Morgan fingerprint density at radius 2 is 0.660 bits per heavy atom. The Morgan fingerprint density at radius 3 is 1.18 bits per heavy atom. The zero-order valence-corrected chi connectivity index (χ0v) is 59.3. The maximum atomic E-state index is 2.62. The summed E-state index contributed by atoms with van der Waals surface area (Å²) in [6.45, 7) is 34.6. The van der Waals surface area contributed by atoms with Gasteiger partial charge in [-0.25, -0.2) is 0 Å². The molecule has 0 bridgehead atoms. The number of para-hydroxylation sites is 1. The third kappa shape index (κ3) is 11.3. The first-order valence-electron chi connectivity index (χ1n) is 34.8. The first-order chi connectivity index (χ1) is 46.3. The van der Waals surface area contributed by atoms with Gasteiger partial charge >= 0.3 is 0 Å². The third-order valence-electron chi connectivity index (χ3n) is 20.6. The van der Waals surface area contributed by atoms with Crippen molar-refractivity contribution in [1.29, 1.82) is 0 Å². The maximum absolute atomic E-state index is 2.62. The average molecular weight is 1260 g/mol. The van der Waals surface area contributed by atoms with Gasteiger partial charge in [-0.2, -0.15) is 0 Å². The molecule has 0 unspecified atom stereocenters. The molecule has 15 rings (SSSR count). The van der Waals surface area contributed by atoms with Gasteiger partial charge in [0.25, 0.3) is 6.71 Å². The van der Waals surface area contributed by atoms with Crippen molar-refractivity contribution in [1.82, 2.24) is 4.57 Å². The first kappa shape index (κ1) is 63.0. The van der Waals surface area contributed by atoms with E-state index in [-0.39, 0.29) is 33.8 Å². The van der Waals surface area contributed by atoms with Crippen LogP contribution >= 0.6 is 0 Å². The number of anilines is 9. The van der Waals surface area contributed by atoms with Gasteiger partial charge in [0.15, 0.2) is 0 Å². The van der Waals surface area contributed by atoms with E-state index in [1.54, 1.807) is 0 Å². The van der Waals surface area contributed by atoms with Crippen LogP contribution in [0.15, 0.2) is 267 Å². The van der Waals surface area contributed by atoms with Crippen LogP contribution in [0.2, 0.25) is 0 Å². The van der Waals surface area contributed by atoms with E-state index in [4.69, 9.17) is 0 Å². The molecule has 2 aliphatic rings. The van der Waals surface area contributed by atoms with Crippen molar-refractivity contribution in [3.05, 3.63) is 295 Å². The normalized spacial score (nSPS) is 13.2. The van der Waals surface area contributed by atoms with Gasteiger partial charge in [0.1, 0.15) is 0 Å². The number of benzene rings is 12. The fraction of sp³-hybridized carbons (Fsp3) is 0.217. The predicted molar refractivity (Wildman–Crippen MR) is 419 cm³/mol. The summed E-state index contributed by atoms with van der Waals surface area (Å²) in [4.78, 5) is 7.62. The molecule has 12 aromatic carbocycles. The highest BCUT2D eigenvalue weighted by atomic mass is 15.2. The molecule has 0 fully saturated rings. The molecule has 0 saturated heterocycles. The topological polar surface area (TPSA) is 14.7 Å². The molecule has 0 amide bonds. The van der Waals surface area contributed by atoms with Crippen LogP contribution in [0, 0.1) is 0 Å². The highest BCUT2D eigenvalue weighted by Gasteiger charge is 2.45. The second-order valence-electron chi connectivity index (χ2n) is 32.4. The maximum Gasteiger partial charge on any atom is 0.252 e. The van der Waals surface area contributed by atoms with E-state index in [1.165, 1.54) is 111 Å². The number of aromatic nitrogens is 1. The van der Waals surface area contributed by atoms with Crippen molar-refractivity contribution in [2.75, 3.05) is 14.7 Å². The quantitative estimate of drug-likeness (QED) is 0.134. The van der Waals surface area contributed by atoms with Gasteiger partial charge in [-0.1, -0.05) is 262 Å². The van der Waals surface area contributed by atoms with E-state index < -0.39 is 0 Å². The smallest absolute Gasteiger partial charge is 0.252 e. The Hall–Kier alpha value is -10.1. The van der Waals surface area contributed by atoms with Crippen LogP contribution in [0.3, 0.4) is 0 Å². The summed E-state index contributed by atoms with van der Waals surface area (Å²) in [5, 5.41) is 2.56. The van der Waals surface area contributed by atoms with Crippen LogP contribution in [0.4, 0.5) is 51.2 Å². The summed E-state index contributed by atoms with van der Waals surface area (Å²) in [7, 11) is 0. The Labute approximate surface area is 576 Å². The molecule has 480 valence electrons. The summed E-state index contributed by atoms with van der Waals surface area (Å²) >= 11 is 0. The van der Waals surface area contributed by atoms with Crippen molar-refractivity contribution >= 4 is 96.1 Å². The van der Waals surface area contributed by atoms with Gasteiger partial charge in [-0.3, -0.25) is 0 Å². The average Bonchev–Trinajstić information content (AvgIpc) is 0.803. The molecule has 0 aliphatic carbocycles. The SMILES string of the molecule is CC(C)(C)c1ccc(N(c2ccc(-c3ccc4c(c3)N(c3ccccc3-c3ccccc3)c3cc(C(C)(C)C)cc5c3B4c3ccc(-n4c6ccc(C(C)(C)C)cc6c6cc(C(C)(C)C)ccc64)cc3N5c3ccc(-c4ccccc4)cc3)cc2)c2ccc(C(C)(C)C)cc2)cc1. The molecule has 1 aromatic heterocycles. The monoisotopic (exact) mass is 1260 g/mol. The molecule has 0 atom stereocenters. The third-order valence-corrected chi connectivity index (χ3v) is 20.6. The van der Waals surface area contributed by atoms with Crippen LogP contribution in [0.5, 0.6) is 0 Å². The number of hydrogen-bond donors (Lipinski definition) is 0. The molecule has 97 heavy (non-hydrogen) atoms. The Morgan fingerprint density at radius 1 is 0.268 bits per heavy atom. The molecule has 0 N–H and O–H groups in total. The predicted octanol–water partition coefficient (Wildman–Crippen LogP) is 23.8. The minimum atomic E-state index is -0.224. The molecule has 2 aliphatic heterocycles. The van der Waals surface area contributed by atoms with E-state index in [0.29, 0.717) is 0 Å². The number of rotatable bonds is 9. The first-order valence-corrected chi connectivity index (χ1v) is 34.8. The fourth-order valence-corrected chi connectivity index (χ4v) is 14.9. The van der Waals surface area contributed by atoms with Gasteiger partial charge in [0.2, 0.25) is 0 Å². The lowest BCUT2D eigenvalue weighted by atomic mass is 9.33. The molecule has 5 heteroatoms. The van der Waals surface area contributed by atoms with Gasteiger partial charge in [-0.05, 0) is 208 Å². The Balaban J connectivity index is 0.964.